The van der Waals surface area contributed by atoms with E-state index in [9.17, 15) is 13.2 Å². The van der Waals surface area contributed by atoms with Gasteiger partial charge in [-0.1, -0.05) is 25.1 Å². The van der Waals surface area contributed by atoms with Gasteiger partial charge in [0.25, 0.3) is 0 Å². The molecule has 1 unspecified atom stereocenters. The zero-order valence-corrected chi connectivity index (χ0v) is 9.63. The minimum atomic E-state index is -4.27. The fourth-order valence-corrected chi connectivity index (χ4v) is 1.49. The number of alkyl halides is 3. The third kappa shape index (κ3) is 4.65. The molecule has 0 spiro atoms. The Labute approximate surface area is 98.6 Å². The fraction of sp³-hybridized carbons (Fsp3) is 0.500. The zero-order chi connectivity index (χ0) is 12.9. The minimum absolute atomic E-state index is 0.401. The molecule has 0 saturated carbocycles. The van der Waals surface area contributed by atoms with Crippen molar-refractivity contribution in [1.82, 2.24) is 0 Å². The van der Waals surface area contributed by atoms with Gasteiger partial charge < -0.3 is 10.5 Å². The van der Waals surface area contributed by atoms with Crippen LogP contribution >= 0.6 is 0 Å². The quantitative estimate of drug-likeness (QED) is 0.865. The molecule has 1 atom stereocenters. The molecule has 0 aliphatic heterocycles. The third-order valence-corrected chi connectivity index (χ3v) is 2.23. The lowest BCUT2D eigenvalue weighted by Gasteiger charge is -2.18. The van der Waals surface area contributed by atoms with E-state index in [1.165, 1.54) is 0 Å². The molecule has 2 N–H and O–H groups in total. The summed E-state index contributed by atoms with van der Waals surface area (Å²) in [6, 6.07) is 5.50. The number of hydrogen-bond donors (Lipinski definition) is 1. The van der Waals surface area contributed by atoms with Gasteiger partial charge in [0, 0.05) is 11.6 Å². The van der Waals surface area contributed by atoms with Crippen LogP contribution in [0.1, 0.15) is 31.4 Å². The molecule has 0 bridgehead atoms. The lowest BCUT2D eigenvalue weighted by molar-refractivity contribution is -0.138. The van der Waals surface area contributed by atoms with Crippen molar-refractivity contribution in [3.8, 4) is 5.75 Å². The molecule has 1 aromatic carbocycles. The van der Waals surface area contributed by atoms with Gasteiger partial charge in [-0.25, -0.2) is 0 Å². The Morgan fingerprint density at radius 2 is 1.94 bits per heavy atom. The second-order valence-corrected chi connectivity index (χ2v) is 3.81. The maximum atomic E-state index is 12.3. The highest BCUT2D eigenvalue weighted by Crippen LogP contribution is 2.32. The molecular formula is C12H16F3NO. The van der Waals surface area contributed by atoms with Crippen LogP contribution in [-0.4, -0.2) is 12.8 Å². The lowest BCUT2D eigenvalue weighted by atomic mass is 10.0. The normalized spacial score (nSPS) is 13.5. The molecule has 96 valence electrons. The van der Waals surface area contributed by atoms with E-state index in [4.69, 9.17) is 10.5 Å². The molecule has 5 heteroatoms. The summed E-state index contributed by atoms with van der Waals surface area (Å²) in [7, 11) is 0. The summed E-state index contributed by atoms with van der Waals surface area (Å²) in [5, 5.41) is 0. The van der Waals surface area contributed by atoms with Crippen LogP contribution in [-0.2, 0) is 0 Å². The summed E-state index contributed by atoms with van der Waals surface area (Å²) >= 11 is 0. The average Bonchev–Trinajstić information content (AvgIpc) is 2.24. The van der Waals surface area contributed by atoms with Crippen molar-refractivity contribution >= 4 is 0 Å². The van der Waals surface area contributed by atoms with Crippen molar-refractivity contribution in [3.63, 3.8) is 0 Å². The molecule has 0 fully saturated rings. The number of benzene rings is 1. The minimum Gasteiger partial charge on any atom is -0.493 e. The predicted molar refractivity (Wildman–Crippen MR) is 59.8 cm³/mol. The van der Waals surface area contributed by atoms with E-state index in [-0.39, 0.29) is 0 Å². The first kappa shape index (κ1) is 13.8. The molecular weight excluding hydrogens is 231 g/mol. The SMILES string of the molecule is CCCOc1ccccc1C(N)CC(F)(F)F. The topological polar surface area (TPSA) is 35.2 Å². The molecule has 0 amide bonds. The van der Waals surface area contributed by atoms with Crippen LogP contribution in [0.5, 0.6) is 5.75 Å². The zero-order valence-electron chi connectivity index (χ0n) is 9.63. The molecule has 0 aliphatic carbocycles. The van der Waals surface area contributed by atoms with Gasteiger partial charge in [-0.2, -0.15) is 13.2 Å². The van der Waals surface area contributed by atoms with E-state index < -0.39 is 18.6 Å². The molecule has 2 nitrogen and oxygen atoms in total. The van der Waals surface area contributed by atoms with Gasteiger partial charge in [0.15, 0.2) is 0 Å². The number of ether oxygens (including phenoxy) is 1. The fourth-order valence-electron chi connectivity index (χ4n) is 1.49. The number of nitrogens with two attached hydrogens (primary N) is 1. The summed E-state index contributed by atoms with van der Waals surface area (Å²) < 4.78 is 42.1. The van der Waals surface area contributed by atoms with Gasteiger partial charge in [-0.15, -0.1) is 0 Å². The van der Waals surface area contributed by atoms with Crippen LogP contribution in [0, 0.1) is 0 Å². The molecule has 0 aromatic heterocycles. The van der Waals surface area contributed by atoms with Crippen molar-refractivity contribution < 1.29 is 17.9 Å². The highest BCUT2D eigenvalue weighted by molar-refractivity contribution is 5.35. The third-order valence-electron chi connectivity index (χ3n) is 2.23. The number of para-hydroxylation sites is 1. The van der Waals surface area contributed by atoms with Crippen molar-refractivity contribution in [2.75, 3.05) is 6.61 Å². The Hall–Kier alpha value is -1.23. The Balaban J connectivity index is 2.81. The summed E-state index contributed by atoms with van der Waals surface area (Å²) in [5.74, 6) is 0.436. The molecule has 0 radical (unpaired) electrons. The first-order valence-electron chi connectivity index (χ1n) is 5.48. The summed E-state index contributed by atoms with van der Waals surface area (Å²) in [4.78, 5) is 0. The predicted octanol–water partition coefficient (Wildman–Crippen LogP) is 3.43. The Morgan fingerprint density at radius 3 is 2.53 bits per heavy atom. The van der Waals surface area contributed by atoms with Crippen molar-refractivity contribution in [2.45, 2.75) is 32.0 Å². The van der Waals surface area contributed by atoms with Crippen molar-refractivity contribution in [3.05, 3.63) is 29.8 Å². The van der Waals surface area contributed by atoms with Gasteiger partial charge in [-0.05, 0) is 12.5 Å². The van der Waals surface area contributed by atoms with Gasteiger partial charge >= 0.3 is 6.18 Å². The van der Waals surface area contributed by atoms with E-state index in [1.54, 1.807) is 24.3 Å². The van der Waals surface area contributed by atoms with Crippen molar-refractivity contribution in [1.29, 1.82) is 0 Å². The smallest absolute Gasteiger partial charge is 0.390 e. The Kier molecular flexibility index (Phi) is 4.81. The summed E-state index contributed by atoms with van der Waals surface area (Å²) in [6.07, 6.45) is -4.51. The molecule has 0 aliphatic rings. The number of halogens is 3. The first-order chi connectivity index (χ1) is 7.94. The van der Waals surface area contributed by atoms with Gasteiger partial charge in [0.05, 0.1) is 13.0 Å². The largest absolute Gasteiger partial charge is 0.493 e. The summed E-state index contributed by atoms with van der Waals surface area (Å²) in [6.45, 7) is 2.40. The summed E-state index contributed by atoms with van der Waals surface area (Å²) in [5.41, 5.74) is 5.95. The van der Waals surface area contributed by atoms with Crippen LogP contribution in [0.25, 0.3) is 0 Å². The highest BCUT2D eigenvalue weighted by Gasteiger charge is 2.31. The van der Waals surface area contributed by atoms with Crippen molar-refractivity contribution in [2.24, 2.45) is 5.73 Å². The van der Waals surface area contributed by atoms with Crippen LogP contribution in [0.3, 0.4) is 0 Å². The van der Waals surface area contributed by atoms with Crippen LogP contribution in [0.15, 0.2) is 24.3 Å². The lowest BCUT2D eigenvalue weighted by Crippen LogP contribution is -2.21. The molecule has 17 heavy (non-hydrogen) atoms. The standard InChI is InChI=1S/C12H16F3NO/c1-2-7-17-11-6-4-3-5-9(11)10(16)8-12(13,14)15/h3-6,10H,2,7-8,16H2,1H3. The molecule has 1 aromatic rings. The highest BCUT2D eigenvalue weighted by atomic mass is 19.4. The van der Waals surface area contributed by atoms with E-state index in [0.717, 1.165) is 6.42 Å². The first-order valence-corrected chi connectivity index (χ1v) is 5.48. The van der Waals surface area contributed by atoms with Crippen LogP contribution in [0.2, 0.25) is 0 Å². The number of rotatable bonds is 5. The molecule has 0 saturated heterocycles. The van der Waals surface area contributed by atoms with E-state index in [2.05, 4.69) is 0 Å². The molecule has 1 rings (SSSR count). The van der Waals surface area contributed by atoms with Gasteiger partial charge in [-0.3, -0.25) is 0 Å². The van der Waals surface area contributed by atoms with Crippen LogP contribution in [0.4, 0.5) is 13.2 Å². The molecule has 0 heterocycles. The maximum absolute atomic E-state index is 12.3. The van der Waals surface area contributed by atoms with Crippen LogP contribution < -0.4 is 10.5 Å². The monoisotopic (exact) mass is 247 g/mol. The van der Waals surface area contributed by atoms with E-state index >= 15 is 0 Å². The van der Waals surface area contributed by atoms with Gasteiger partial charge in [0.2, 0.25) is 0 Å². The average molecular weight is 247 g/mol. The van der Waals surface area contributed by atoms with E-state index in [0.29, 0.717) is 17.9 Å². The maximum Gasteiger partial charge on any atom is 0.390 e. The van der Waals surface area contributed by atoms with E-state index in [1.807, 2.05) is 6.92 Å². The number of hydrogen-bond acceptors (Lipinski definition) is 2. The Morgan fingerprint density at radius 1 is 1.29 bits per heavy atom. The second-order valence-electron chi connectivity index (χ2n) is 3.81. The second kappa shape index (κ2) is 5.91. The van der Waals surface area contributed by atoms with Gasteiger partial charge in [0.1, 0.15) is 5.75 Å². The Bertz CT molecular complexity index is 352.